The van der Waals surface area contributed by atoms with Crippen molar-refractivity contribution in [2.75, 3.05) is 16.6 Å². The van der Waals surface area contributed by atoms with Crippen LogP contribution in [0, 0.1) is 5.82 Å². The quantitative estimate of drug-likeness (QED) is 0.513. The summed E-state index contributed by atoms with van der Waals surface area (Å²) in [5.74, 6) is -0.818. The number of amides is 1. The van der Waals surface area contributed by atoms with E-state index >= 15 is 0 Å². The Morgan fingerprint density at radius 3 is 2.33 bits per heavy atom. The van der Waals surface area contributed by atoms with Gasteiger partial charge in [-0.05, 0) is 54.6 Å². The van der Waals surface area contributed by atoms with Crippen LogP contribution in [-0.2, 0) is 14.8 Å². The number of para-hydroxylation sites is 1. The third kappa shape index (κ3) is 5.63. The van der Waals surface area contributed by atoms with Crippen molar-refractivity contribution < 1.29 is 22.3 Å². The zero-order valence-electron chi connectivity index (χ0n) is 15.2. The Morgan fingerprint density at radius 2 is 1.67 bits per heavy atom. The Kier molecular flexibility index (Phi) is 6.81. The van der Waals surface area contributed by atoms with E-state index in [1.54, 1.807) is 24.3 Å². The van der Waals surface area contributed by atoms with Crippen molar-refractivity contribution in [2.45, 2.75) is 4.90 Å². The molecule has 0 aliphatic heterocycles. The average molecular weight is 469 g/mol. The highest BCUT2D eigenvalue weighted by atomic mass is 35.5. The molecule has 3 aromatic rings. The van der Waals surface area contributed by atoms with E-state index in [9.17, 15) is 17.6 Å². The number of hydrogen-bond acceptors (Lipinski definition) is 4. The highest BCUT2D eigenvalue weighted by molar-refractivity contribution is 7.92. The standard InChI is InChI=1S/C20H15Cl2FN2O4S/c21-16-3-1-2-4-18(16)24-20(26)12-29-19-10-9-15(11-17(19)22)30(27,28)25-14-7-5-13(23)6-8-14/h1-11,25H,12H2,(H,24,26). The van der Waals surface area contributed by atoms with Crippen LogP contribution in [0.4, 0.5) is 15.8 Å². The first kappa shape index (κ1) is 21.9. The van der Waals surface area contributed by atoms with Gasteiger partial charge in [-0.25, -0.2) is 12.8 Å². The topological polar surface area (TPSA) is 84.5 Å². The minimum Gasteiger partial charge on any atom is -0.482 e. The highest BCUT2D eigenvalue weighted by Gasteiger charge is 2.17. The van der Waals surface area contributed by atoms with E-state index in [0.717, 1.165) is 12.1 Å². The lowest BCUT2D eigenvalue weighted by Gasteiger charge is -2.12. The smallest absolute Gasteiger partial charge is 0.262 e. The molecule has 0 radical (unpaired) electrons. The Morgan fingerprint density at radius 1 is 0.967 bits per heavy atom. The number of rotatable bonds is 7. The summed E-state index contributed by atoms with van der Waals surface area (Å²) in [6, 6.07) is 15.4. The molecule has 0 heterocycles. The van der Waals surface area contributed by atoms with E-state index in [4.69, 9.17) is 27.9 Å². The van der Waals surface area contributed by atoms with Gasteiger partial charge in [-0.3, -0.25) is 9.52 Å². The van der Waals surface area contributed by atoms with Crippen LogP contribution in [0.15, 0.2) is 71.6 Å². The second-order valence-electron chi connectivity index (χ2n) is 6.02. The van der Waals surface area contributed by atoms with Crippen molar-refractivity contribution in [3.8, 4) is 5.75 Å². The molecule has 3 rings (SSSR count). The van der Waals surface area contributed by atoms with Crippen molar-refractivity contribution in [2.24, 2.45) is 0 Å². The van der Waals surface area contributed by atoms with Crippen LogP contribution in [0.2, 0.25) is 10.0 Å². The van der Waals surface area contributed by atoms with Crippen LogP contribution in [0.3, 0.4) is 0 Å². The van der Waals surface area contributed by atoms with Crippen molar-refractivity contribution in [1.82, 2.24) is 0 Å². The van der Waals surface area contributed by atoms with E-state index in [0.29, 0.717) is 10.7 Å². The lowest BCUT2D eigenvalue weighted by atomic mass is 10.3. The van der Waals surface area contributed by atoms with Crippen LogP contribution in [0.25, 0.3) is 0 Å². The Labute approximate surface area is 182 Å². The van der Waals surface area contributed by atoms with Crippen molar-refractivity contribution in [1.29, 1.82) is 0 Å². The number of nitrogens with one attached hydrogen (secondary N) is 2. The fraction of sp³-hybridized carbons (Fsp3) is 0.0500. The van der Waals surface area contributed by atoms with Gasteiger partial charge in [-0.1, -0.05) is 35.3 Å². The van der Waals surface area contributed by atoms with E-state index in [2.05, 4.69) is 10.0 Å². The molecule has 0 aliphatic carbocycles. The summed E-state index contributed by atoms with van der Waals surface area (Å²) < 4.78 is 45.6. The Bertz CT molecular complexity index is 1170. The fourth-order valence-electron chi connectivity index (χ4n) is 2.39. The summed E-state index contributed by atoms with van der Waals surface area (Å²) in [6.45, 7) is -0.356. The molecule has 2 N–H and O–H groups in total. The largest absolute Gasteiger partial charge is 0.482 e. The van der Waals surface area contributed by atoms with Gasteiger partial charge in [0, 0.05) is 5.69 Å². The maximum absolute atomic E-state index is 13.0. The molecular weight excluding hydrogens is 454 g/mol. The summed E-state index contributed by atoms with van der Waals surface area (Å²) in [7, 11) is -3.95. The van der Waals surface area contributed by atoms with Gasteiger partial charge in [-0.2, -0.15) is 0 Å². The number of carbonyl (C=O) groups excluding carboxylic acids is 1. The zero-order valence-corrected chi connectivity index (χ0v) is 17.6. The normalized spacial score (nSPS) is 11.0. The lowest BCUT2D eigenvalue weighted by molar-refractivity contribution is -0.118. The van der Waals surface area contributed by atoms with Crippen molar-refractivity contribution in [3.05, 3.63) is 82.6 Å². The van der Waals surface area contributed by atoms with E-state index < -0.39 is 21.7 Å². The van der Waals surface area contributed by atoms with Crippen LogP contribution < -0.4 is 14.8 Å². The molecule has 156 valence electrons. The minimum absolute atomic E-state index is 0.00234. The maximum Gasteiger partial charge on any atom is 0.262 e. The van der Waals surface area contributed by atoms with Crippen molar-refractivity contribution >= 4 is 50.5 Å². The SMILES string of the molecule is O=C(COc1ccc(S(=O)(=O)Nc2ccc(F)cc2)cc1Cl)Nc1ccccc1Cl. The first-order chi connectivity index (χ1) is 14.2. The summed E-state index contributed by atoms with van der Waals surface area (Å²) in [4.78, 5) is 11.9. The molecule has 0 saturated carbocycles. The molecule has 0 bridgehead atoms. The molecule has 0 unspecified atom stereocenters. The van der Waals surface area contributed by atoms with Gasteiger partial charge in [0.1, 0.15) is 11.6 Å². The molecule has 1 amide bonds. The number of anilines is 2. The predicted octanol–water partition coefficient (Wildman–Crippen LogP) is 4.95. The summed E-state index contributed by atoms with van der Waals surface area (Å²) in [6.07, 6.45) is 0. The minimum atomic E-state index is -3.95. The molecule has 0 spiro atoms. The van der Waals surface area contributed by atoms with Crippen LogP contribution in [0.1, 0.15) is 0 Å². The highest BCUT2D eigenvalue weighted by Crippen LogP contribution is 2.28. The van der Waals surface area contributed by atoms with Crippen molar-refractivity contribution in [3.63, 3.8) is 0 Å². The van der Waals surface area contributed by atoms with E-state index in [1.807, 2.05) is 0 Å². The van der Waals surface area contributed by atoms with Crippen LogP contribution >= 0.6 is 23.2 Å². The van der Waals surface area contributed by atoms with Gasteiger partial charge in [0.25, 0.3) is 15.9 Å². The molecule has 0 fully saturated rings. The number of hydrogen-bond donors (Lipinski definition) is 2. The molecule has 0 aromatic heterocycles. The predicted molar refractivity (Wildman–Crippen MR) is 114 cm³/mol. The monoisotopic (exact) mass is 468 g/mol. The Hall–Kier alpha value is -2.81. The third-order valence-corrected chi connectivity index (χ3v) is 5.82. The number of ether oxygens (including phenoxy) is 1. The molecule has 0 saturated heterocycles. The molecular formula is C20H15Cl2FN2O4S. The maximum atomic E-state index is 13.0. The average Bonchev–Trinajstić information content (AvgIpc) is 2.70. The fourth-order valence-corrected chi connectivity index (χ4v) is 3.96. The molecule has 30 heavy (non-hydrogen) atoms. The number of benzene rings is 3. The van der Waals surface area contributed by atoms with Gasteiger partial charge in [0.05, 0.1) is 20.6 Å². The first-order valence-corrected chi connectivity index (χ1v) is 10.7. The zero-order chi connectivity index (χ0) is 21.7. The van der Waals surface area contributed by atoms with Gasteiger partial charge in [-0.15, -0.1) is 0 Å². The van der Waals surface area contributed by atoms with Gasteiger partial charge >= 0.3 is 0 Å². The van der Waals surface area contributed by atoms with E-state index in [1.165, 1.54) is 30.3 Å². The molecule has 0 atom stereocenters. The second kappa shape index (κ2) is 9.34. The Balaban J connectivity index is 1.65. The lowest BCUT2D eigenvalue weighted by Crippen LogP contribution is -2.20. The van der Waals surface area contributed by atoms with Crippen LogP contribution in [0.5, 0.6) is 5.75 Å². The molecule has 10 heteroatoms. The molecule has 0 aliphatic rings. The summed E-state index contributed by atoms with van der Waals surface area (Å²) in [5, 5.41) is 2.98. The van der Waals surface area contributed by atoms with Gasteiger partial charge < -0.3 is 10.1 Å². The first-order valence-electron chi connectivity index (χ1n) is 8.50. The number of halogens is 3. The molecule has 6 nitrogen and oxygen atoms in total. The van der Waals surface area contributed by atoms with Gasteiger partial charge in [0.15, 0.2) is 6.61 Å². The second-order valence-corrected chi connectivity index (χ2v) is 8.52. The number of sulfonamides is 1. The van der Waals surface area contributed by atoms with Crippen LogP contribution in [-0.4, -0.2) is 20.9 Å². The summed E-state index contributed by atoms with van der Waals surface area (Å²) in [5.41, 5.74) is 0.635. The third-order valence-electron chi connectivity index (χ3n) is 3.82. The summed E-state index contributed by atoms with van der Waals surface area (Å²) >= 11 is 12.1. The number of carbonyl (C=O) groups is 1. The van der Waals surface area contributed by atoms with Gasteiger partial charge in [0.2, 0.25) is 0 Å². The molecule has 3 aromatic carbocycles. The van der Waals surface area contributed by atoms with E-state index in [-0.39, 0.29) is 28.0 Å².